The van der Waals surface area contributed by atoms with Crippen molar-refractivity contribution in [3.05, 3.63) is 267 Å². The maximum atomic E-state index is 13.8. The summed E-state index contributed by atoms with van der Waals surface area (Å²) in [5, 5.41) is 31.4. The fraction of sp³-hybridized carbons (Fsp3) is 0.214. The first-order valence-corrected chi connectivity index (χ1v) is 34.5. The minimum atomic E-state index is -0.948. The van der Waals surface area contributed by atoms with E-state index in [-0.39, 0.29) is 51.9 Å². The number of nitrogens with zero attached hydrogens (tertiary/aromatic N) is 6. The smallest absolute Gasteiger partial charge is 0.335 e. The number of rotatable bonds is 12. The van der Waals surface area contributed by atoms with Crippen molar-refractivity contribution in [3.63, 3.8) is 0 Å². The van der Waals surface area contributed by atoms with Gasteiger partial charge in [0.05, 0.1) is 66.1 Å². The summed E-state index contributed by atoms with van der Waals surface area (Å²) in [5.74, 6) is -3.10. The molecule has 3 N–H and O–H groups in total. The van der Waals surface area contributed by atoms with Crippen molar-refractivity contribution in [2.45, 2.75) is 75.9 Å². The molecule has 3 aromatic heterocycles. The Bertz CT molecular complexity index is 4820. The number of aromatic nitrogens is 3. The summed E-state index contributed by atoms with van der Waals surface area (Å²) < 4.78 is 65.6. The highest BCUT2D eigenvalue weighted by Gasteiger charge is 2.33. The Kier molecular flexibility index (Phi) is 17.7. The van der Waals surface area contributed by atoms with Gasteiger partial charge in [0.2, 0.25) is 0 Å². The number of carboxylic acid groups (broad SMARTS) is 3. The lowest BCUT2D eigenvalue weighted by atomic mass is 9.89. The Morgan fingerprint density at radius 3 is 0.951 bits per heavy atom. The summed E-state index contributed by atoms with van der Waals surface area (Å²) in [5.41, 5.74) is 22.8. The Balaban J connectivity index is 0.000000118. The number of carbonyl (C=O) groups is 3. The number of ether oxygens (including phenoxy) is 3. The van der Waals surface area contributed by atoms with Crippen LogP contribution in [0.25, 0.3) is 83.2 Å². The molecule has 6 aliphatic rings. The zero-order valence-corrected chi connectivity index (χ0v) is 55.5. The van der Waals surface area contributed by atoms with E-state index in [2.05, 4.69) is 65.1 Å². The lowest BCUT2D eigenvalue weighted by molar-refractivity contribution is 0.0686. The topological polar surface area (TPSA) is 191 Å². The van der Waals surface area contributed by atoms with Crippen LogP contribution >= 0.6 is 0 Å². The molecule has 0 bridgehead atoms. The molecule has 0 saturated carbocycles. The molecule has 0 amide bonds. The normalized spacial score (nSPS) is 16.7. The fourth-order valence-corrected chi connectivity index (χ4v) is 15.6. The third-order valence-corrected chi connectivity index (χ3v) is 20.5. The number of benzene rings is 9. The van der Waals surface area contributed by atoms with E-state index >= 15 is 0 Å². The van der Waals surface area contributed by atoms with Gasteiger partial charge in [0.1, 0.15) is 17.5 Å². The molecule has 3 saturated heterocycles. The fourth-order valence-electron chi connectivity index (χ4n) is 15.6. The minimum Gasteiger partial charge on any atom is -0.478 e. The molecule has 6 aliphatic heterocycles. The van der Waals surface area contributed by atoms with Crippen molar-refractivity contribution >= 4 is 69.3 Å². The molecule has 102 heavy (non-hydrogen) atoms. The molecule has 12 aromatic rings. The van der Waals surface area contributed by atoms with Crippen LogP contribution in [0.4, 0.5) is 13.2 Å². The van der Waals surface area contributed by atoms with Crippen LogP contribution in [0.3, 0.4) is 0 Å². The van der Waals surface area contributed by atoms with Gasteiger partial charge in [-0.25, -0.2) is 27.6 Å². The highest BCUT2D eigenvalue weighted by atomic mass is 19.1. The van der Waals surface area contributed by atoms with Crippen molar-refractivity contribution in [3.8, 4) is 50.4 Å². The first-order chi connectivity index (χ1) is 49.8. The number of aromatic carboxylic acids is 3. The number of halogens is 3. The van der Waals surface area contributed by atoms with E-state index in [4.69, 9.17) is 14.2 Å². The van der Waals surface area contributed by atoms with Gasteiger partial charge in [0, 0.05) is 130 Å². The second-order valence-electron chi connectivity index (χ2n) is 26.7. The quantitative estimate of drug-likeness (QED) is 0.107. The molecule has 2 atom stereocenters. The number of hydrogen-bond acceptors (Lipinski definition) is 9. The van der Waals surface area contributed by atoms with Crippen molar-refractivity contribution < 1.29 is 57.1 Å². The minimum absolute atomic E-state index is 0.156. The van der Waals surface area contributed by atoms with Gasteiger partial charge in [-0.1, -0.05) is 36.4 Å². The standard InChI is InChI=1S/3C28H23FN2O3/c29-22-5-7-23(8-6-22)31-25-14-21-16-30-15-20(21)13-24(25)26(27(31)18-9-11-34-12-10-18)17-1-3-19(4-2-17)28(32)33;2*29-22-7-9-23(10-8-22)31-25-13-21-15-30-14-20(21)12-24(25)26(27(31)19-2-1-11-34-16-19)17-3-5-18(6-4-17)28(32)33/h1-8,13-14,16,18H,9-12,15H2,(H,32,33);2*3-10,12-13,15,19H,1-2,11,14,16H2,(H,32,33). The van der Waals surface area contributed by atoms with Crippen LogP contribution in [0, 0.1) is 17.5 Å². The van der Waals surface area contributed by atoms with Gasteiger partial charge in [0.15, 0.2) is 0 Å². The molecule has 18 heteroatoms. The van der Waals surface area contributed by atoms with Crippen molar-refractivity contribution in [1.29, 1.82) is 0 Å². The third kappa shape index (κ3) is 12.4. The van der Waals surface area contributed by atoms with Crippen LogP contribution in [0.5, 0.6) is 0 Å². The number of aliphatic imine (C=N–C) groups is 3. The average molecular weight is 1360 g/mol. The SMILES string of the molecule is O=C(O)c1ccc(-c2c(C3CCCOC3)n(-c3ccc(F)cc3)c3cc4c(cc23)CN=C4)cc1.O=C(O)c1ccc(-c2c(C3CCCOC3)n(-c3ccc(F)cc3)c3cc4c(cc23)CN=C4)cc1.O=C(O)c1ccc(-c2c(C3CCOCC3)n(-c3ccc(F)cc3)c3cc4c(cc23)CN=C4)cc1. The highest BCUT2D eigenvalue weighted by Crippen LogP contribution is 2.48. The zero-order chi connectivity index (χ0) is 69.7. The largest absolute Gasteiger partial charge is 0.478 e. The predicted molar refractivity (Wildman–Crippen MR) is 389 cm³/mol. The first-order valence-electron chi connectivity index (χ1n) is 34.5. The van der Waals surface area contributed by atoms with Crippen LogP contribution in [0.2, 0.25) is 0 Å². The van der Waals surface area contributed by atoms with Crippen LogP contribution in [0.1, 0.15) is 138 Å². The van der Waals surface area contributed by atoms with E-state index in [1.54, 1.807) is 60.7 Å². The molecule has 9 aromatic carbocycles. The van der Waals surface area contributed by atoms with E-state index in [9.17, 15) is 42.9 Å². The van der Waals surface area contributed by atoms with E-state index in [1.807, 2.05) is 67.2 Å². The van der Waals surface area contributed by atoms with E-state index < -0.39 is 17.9 Å². The molecule has 3 fully saturated rings. The maximum absolute atomic E-state index is 13.8. The summed E-state index contributed by atoms with van der Waals surface area (Å²) in [6, 6.07) is 54.1. The van der Waals surface area contributed by atoms with Gasteiger partial charge >= 0.3 is 17.9 Å². The van der Waals surface area contributed by atoms with Crippen molar-refractivity contribution in [2.75, 3.05) is 39.6 Å². The molecule has 0 spiro atoms. The van der Waals surface area contributed by atoms with Crippen LogP contribution in [-0.2, 0) is 33.8 Å². The van der Waals surface area contributed by atoms with Gasteiger partial charge in [-0.2, -0.15) is 0 Å². The summed E-state index contributed by atoms with van der Waals surface area (Å²) in [7, 11) is 0. The first kappa shape index (κ1) is 65.3. The lowest BCUT2D eigenvalue weighted by Gasteiger charge is -2.26. The van der Waals surface area contributed by atoms with Crippen LogP contribution in [0.15, 0.2) is 197 Å². The Morgan fingerprint density at radius 1 is 0.363 bits per heavy atom. The van der Waals surface area contributed by atoms with Crippen LogP contribution < -0.4 is 0 Å². The Labute approximate surface area is 584 Å². The molecule has 510 valence electrons. The van der Waals surface area contributed by atoms with Gasteiger partial charge < -0.3 is 43.2 Å². The van der Waals surface area contributed by atoms with Crippen molar-refractivity contribution in [1.82, 2.24) is 13.7 Å². The summed E-state index contributed by atoms with van der Waals surface area (Å²) in [6.07, 6.45) is 11.4. The van der Waals surface area contributed by atoms with Crippen molar-refractivity contribution in [2.24, 2.45) is 15.0 Å². The summed E-state index contributed by atoms with van der Waals surface area (Å²) in [6.45, 7) is 6.04. The molecule has 18 rings (SSSR count). The zero-order valence-electron chi connectivity index (χ0n) is 55.5. The third-order valence-electron chi connectivity index (χ3n) is 20.5. The second kappa shape index (κ2) is 27.7. The van der Waals surface area contributed by atoms with Gasteiger partial charge in [-0.3, -0.25) is 15.0 Å². The highest BCUT2D eigenvalue weighted by molar-refractivity contribution is 6.07. The Morgan fingerprint density at radius 2 is 0.667 bits per heavy atom. The predicted octanol–water partition coefficient (Wildman–Crippen LogP) is 17.9. The molecular formula is C84H69F3N6O9. The van der Waals surface area contributed by atoms with E-state index in [1.165, 1.54) is 53.1 Å². The molecule has 9 heterocycles. The lowest BCUT2D eigenvalue weighted by Crippen LogP contribution is -2.19. The molecule has 0 aliphatic carbocycles. The van der Waals surface area contributed by atoms with Gasteiger partial charge in [0.25, 0.3) is 0 Å². The summed E-state index contributed by atoms with van der Waals surface area (Å²) in [4.78, 5) is 47.7. The number of hydrogen-bond donors (Lipinski definition) is 3. The Hall–Kier alpha value is -11.3. The van der Waals surface area contributed by atoms with Gasteiger partial charge in [-0.15, -0.1) is 0 Å². The average Bonchev–Trinajstić information content (AvgIpc) is 1.59. The molecule has 15 nitrogen and oxygen atoms in total. The summed E-state index contributed by atoms with van der Waals surface area (Å²) >= 11 is 0. The van der Waals surface area contributed by atoms with E-state index in [0.29, 0.717) is 46.1 Å². The number of fused-ring (bicyclic) bond motifs is 6. The maximum Gasteiger partial charge on any atom is 0.335 e. The van der Waals surface area contributed by atoms with E-state index in [0.717, 1.165) is 169 Å². The second-order valence-corrected chi connectivity index (χ2v) is 26.7. The van der Waals surface area contributed by atoms with Crippen LogP contribution in [-0.4, -0.2) is 105 Å². The number of carboxylic acids is 3. The molecule has 2 unspecified atom stereocenters. The molecule has 0 radical (unpaired) electrons. The monoisotopic (exact) mass is 1360 g/mol. The van der Waals surface area contributed by atoms with Gasteiger partial charge in [-0.05, 0) is 234 Å². The molecular weight excluding hydrogens is 1290 g/mol.